The Balaban J connectivity index is 1.61. The van der Waals surface area contributed by atoms with E-state index in [0.29, 0.717) is 29.6 Å². The van der Waals surface area contributed by atoms with Gasteiger partial charge < -0.3 is 16.0 Å². The highest BCUT2D eigenvalue weighted by Gasteiger charge is 2.47. The molecule has 7 heteroatoms. The summed E-state index contributed by atoms with van der Waals surface area (Å²) in [5, 5.41) is 4.11. The fraction of sp³-hybridized carbons (Fsp3) is 0.579. The van der Waals surface area contributed by atoms with Crippen molar-refractivity contribution in [1.82, 2.24) is 10.2 Å². The molecule has 0 bridgehead atoms. The molecule has 142 valence electrons. The number of benzene rings is 1. The molecule has 26 heavy (non-hydrogen) atoms. The number of hydrogen-bond donors (Lipinski definition) is 2. The molecule has 0 spiro atoms. The Bertz CT molecular complexity index is 662. The molecule has 2 aliphatic rings. The smallest absolute Gasteiger partial charge is 0.226 e. The lowest BCUT2D eigenvalue weighted by Gasteiger charge is -2.36. The van der Waals surface area contributed by atoms with Crippen LogP contribution in [0.3, 0.4) is 0 Å². The van der Waals surface area contributed by atoms with Crippen LogP contribution in [0.25, 0.3) is 0 Å². The number of halogens is 2. The molecule has 3 unspecified atom stereocenters. The molecule has 1 aliphatic heterocycles. The quantitative estimate of drug-likeness (QED) is 0.774. The van der Waals surface area contributed by atoms with Gasteiger partial charge in [-0.05, 0) is 55.4 Å². The number of carbonyl (C=O) groups is 2. The van der Waals surface area contributed by atoms with Crippen molar-refractivity contribution in [2.24, 2.45) is 11.7 Å². The zero-order valence-electron chi connectivity index (χ0n) is 14.7. The average molecular weight is 398 g/mol. The van der Waals surface area contributed by atoms with E-state index in [-0.39, 0.29) is 29.7 Å². The highest BCUT2D eigenvalue weighted by Crippen LogP contribution is 2.50. The summed E-state index contributed by atoms with van der Waals surface area (Å²) >= 11 is 12.2. The van der Waals surface area contributed by atoms with Crippen LogP contribution in [0.4, 0.5) is 0 Å². The Labute approximate surface area is 164 Å². The van der Waals surface area contributed by atoms with Crippen LogP contribution < -0.4 is 11.1 Å². The van der Waals surface area contributed by atoms with Crippen LogP contribution in [0.1, 0.15) is 43.6 Å². The number of rotatable bonds is 6. The van der Waals surface area contributed by atoms with Crippen LogP contribution in [-0.2, 0) is 9.59 Å². The maximum atomic E-state index is 13.0. The zero-order chi connectivity index (χ0) is 18.7. The first-order chi connectivity index (χ1) is 12.5. The Morgan fingerprint density at radius 2 is 1.92 bits per heavy atom. The van der Waals surface area contributed by atoms with Crippen LogP contribution in [0.15, 0.2) is 18.2 Å². The highest BCUT2D eigenvalue weighted by molar-refractivity contribution is 6.34. The third-order valence-electron chi connectivity index (χ3n) is 5.24. The maximum absolute atomic E-state index is 13.0. The molecule has 1 heterocycles. The van der Waals surface area contributed by atoms with Gasteiger partial charge >= 0.3 is 0 Å². The van der Waals surface area contributed by atoms with E-state index in [4.69, 9.17) is 28.9 Å². The van der Waals surface area contributed by atoms with E-state index in [1.54, 1.807) is 6.07 Å². The van der Waals surface area contributed by atoms with Gasteiger partial charge in [-0.3, -0.25) is 9.59 Å². The van der Waals surface area contributed by atoms with Gasteiger partial charge in [-0.25, -0.2) is 0 Å². The number of carbonyl (C=O) groups excluding carboxylic acids is 2. The second-order valence-corrected chi connectivity index (χ2v) is 8.05. The van der Waals surface area contributed by atoms with Gasteiger partial charge in [-0.1, -0.05) is 23.2 Å². The second kappa shape index (κ2) is 8.59. The number of hydrogen-bond acceptors (Lipinski definition) is 3. The van der Waals surface area contributed by atoms with Crippen molar-refractivity contribution in [1.29, 1.82) is 0 Å². The van der Waals surface area contributed by atoms with Crippen molar-refractivity contribution in [3.05, 3.63) is 33.8 Å². The van der Waals surface area contributed by atoms with Crippen LogP contribution in [0.5, 0.6) is 0 Å². The van der Waals surface area contributed by atoms with Crippen molar-refractivity contribution >= 4 is 35.0 Å². The molecule has 5 nitrogen and oxygen atoms in total. The molecule has 3 atom stereocenters. The van der Waals surface area contributed by atoms with E-state index in [1.807, 2.05) is 17.0 Å². The van der Waals surface area contributed by atoms with E-state index in [2.05, 4.69) is 5.32 Å². The van der Waals surface area contributed by atoms with Crippen molar-refractivity contribution in [3.63, 3.8) is 0 Å². The van der Waals surface area contributed by atoms with Crippen molar-refractivity contribution in [2.45, 2.75) is 44.1 Å². The topological polar surface area (TPSA) is 75.4 Å². The van der Waals surface area contributed by atoms with E-state index >= 15 is 0 Å². The van der Waals surface area contributed by atoms with Gasteiger partial charge in [0.2, 0.25) is 11.8 Å². The summed E-state index contributed by atoms with van der Waals surface area (Å²) in [6.07, 6.45) is 4.17. The van der Waals surface area contributed by atoms with Crippen LogP contribution in [0, 0.1) is 5.92 Å². The first-order valence-electron chi connectivity index (χ1n) is 9.23. The Kier molecular flexibility index (Phi) is 6.43. The Morgan fingerprint density at radius 1 is 1.19 bits per heavy atom. The molecule has 2 fully saturated rings. The summed E-state index contributed by atoms with van der Waals surface area (Å²) in [6.45, 7) is 1.60. The van der Waals surface area contributed by atoms with Gasteiger partial charge in [0, 0.05) is 48.1 Å². The molecule has 1 aromatic carbocycles. The molecule has 0 radical (unpaired) electrons. The molecule has 2 amide bonds. The third-order valence-corrected chi connectivity index (χ3v) is 5.67. The van der Waals surface area contributed by atoms with E-state index in [1.165, 1.54) is 0 Å². The van der Waals surface area contributed by atoms with E-state index < -0.39 is 0 Å². The molecule has 0 aromatic heterocycles. The summed E-state index contributed by atoms with van der Waals surface area (Å²) < 4.78 is 0. The predicted molar refractivity (Wildman–Crippen MR) is 103 cm³/mol. The SMILES string of the molecule is NCCC(=O)NCC1CCCCN1C(=O)C1CC1c1cc(Cl)cc(Cl)c1. The molecule has 1 saturated heterocycles. The lowest BCUT2D eigenvalue weighted by Crippen LogP contribution is -2.50. The summed E-state index contributed by atoms with van der Waals surface area (Å²) in [6, 6.07) is 5.57. The summed E-state index contributed by atoms with van der Waals surface area (Å²) in [5.74, 6) is 0.310. The molecular weight excluding hydrogens is 373 g/mol. The summed E-state index contributed by atoms with van der Waals surface area (Å²) in [5.41, 5.74) is 6.44. The standard InChI is InChI=1S/C19H25Cl2N3O2/c20-13-7-12(8-14(21)9-13)16-10-17(16)19(26)24-6-2-1-3-15(24)11-23-18(25)4-5-22/h7-9,15-17H,1-6,10-11,22H2,(H,23,25). The predicted octanol–water partition coefficient (Wildman–Crippen LogP) is 2.94. The minimum absolute atomic E-state index is 0.00937. The van der Waals surface area contributed by atoms with E-state index in [0.717, 1.165) is 37.8 Å². The largest absolute Gasteiger partial charge is 0.354 e. The minimum atomic E-state index is -0.0525. The van der Waals surface area contributed by atoms with Crippen LogP contribution >= 0.6 is 23.2 Å². The Morgan fingerprint density at radius 3 is 2.62 bits per heavy atom. The molecule has 3 N–H and O–H groups in total. The lowest BCUT2D eigenvalue weighted by atomic mass is 10.0. The fourth-order valence-electron chi connectivity index (χ4n) is 3.79. The van der Waals surface area contributed by atoms with Gasteiger partial charge in [0.05, 0.1) is 0 Å². The maximum Gasteiger partial charge on any atom is 0.226 e. The molecule has 3 rings (SSSR count). The van der Waals surface area contributed by atoms with E-state index in [9.17, 15) is 9.59 Å². The number of likely N-dealkylation sites (tertiary alicyclic amines) is 1. The number of nitrogens with one attached hydrogen (secondary N) is 1. The highest BCUT2D eigenvalue weighted by atomic mass is 35.5. The van der Waals surface area contributed by atoms with Gasteiger partial charge in [-0.15, -0.1) is 0 Å². The second-order valence-electron chi connectivity index (χ2n) is 7.18. The van der Waals surface area contributed by atoms with Crippen molar-refractivity contribution in [2.75, 3.05) is 19.6 Å². The molecular formula is C19H25Cl2N3O2. The average Bonchev–Trinajstić information content (AvgIpc) is 3.40. The summed E-state index contributed by atoms with van der Waals surface area (Å²) in [4.78, 5) is 26.7. The number of nitrogens with two attached hydrogens (primary N) is 1. The lowest BCUT2D eigenvalue weighted by molar-refractivity contribution is -0.137. The first kappa shape index (κ1) is 19.5. The van der Waals surface area contributed by atoms with Crippen molar-refractivity contribution < 1.29 is 9.59 Å². The fourth-order valence-corrected chi connectivity index (χ4v) is 4.34. The first-order valence-corrected chi connectivity index (χ1v) is 9.98. The number of piperidine rings is 1. The zero-order valence-corrected chi connectivity index (χ0v) is 16.2. The van der Waals surface area contributed by atoms with Crippen molar-refractivity contribution in [3.8, 4) is 0 Å². The van der Waals surface area contributed by atoms with Gasteiger partial charge in [0.15, 0.2) is 0 Å². The van der Waals surface area contributed by atoms with Gasteiger partial charge in [0.25, 0.3) is 0 Å². The van der Waals surface area contributed by atoms with Crippen LogP contribution in [-0.4, -0.2) is 42.4 Å². The minimum Gasteiger partial charge on any atom is -0.354 e. The van der Waals surface area contributed by atoms with Gasteiger partial charge in [-0.2, -0.15) is 0 Å². The monoisotopic (exact) mass is 397 g/mol. The third kappa shape index (κ3) is 4.70. The summed E-state index contributed by atoms with van der Waals surface area (Å²) in [7, 11) is 0. The van der Waals surface area contributed by atoms with Gasteiger partial charge in [0.1, 0.15) is 0 Å². The number of amides is 2. The molecule has 1 aromatic rings. The molecule has 1 saturated carbocycles. The molecule has 1 aliphatic carbocycles. The number of nitrogens with zero attached hydrogens (tertiary/aromatic N) is 1. The Hall–Kier alpha value is -1.30. The normalized spacial score (nSPS) is 25.0. The van der Waals surface area contributed by atoms with Crippen LogP contribution in [0.2, 0.25) is 10.0 Å².